The van der Waals surface area contributed by atoms with Crippen LogP contribution in [0.4, 0.5) is 4.39 Å². The van der Waals surface area contributed by atoms with E-state index in [-0.39, 0.29) is 11.8 Å². The number of benzene rings is 2. The van der Waals surface area contributed by atoms with Crippen LogP contribution in [0.25, 0.3) is 0 Å². The van der Waals surface area contributed by atoms with Crippen molar-refractivity contribution >= 4 is 0 Å². The van der Waals surface area contributed by atoms with Crippen LogP contribution in [0.15, 0.2) is 36.4 Å². The van der Waals surface area contributed by atoms with Crippen LogP contribution < -0.4 is 14.8 Å². The van der Waals surface area contributed by atoms with E-state index in [4.69, 9.17) is 9.47 Å². The molecule has 4 heteroatoms. The molecule has 112 valence electrons. The Hall–Kier alpha value is -2.07. The van der Waals surface area contributed by atoms with E-state index in [2.05, 4.69) is 5.32 Å². The summed E-state index contributed by atoms with van der Waals surface area (Å²) < 4.78 is 25.3. The van der Waals surface area contributed by atoms with Gasteiger partial charge in [0.15, 0.2) is 23.1 Å². The van der Waals surface area contributed by atoms with Gasteiger partial charge in [0.2, 0.25) is 0 Å². The predicted octanol–water partition coefficient (Wildman–Crippen LogP) is 4.22. The second-order valence-electron chi connectivity index (χ2n) is 4.92. The third-order valence-electron chi connectivity index (χ3n) is 3.43. The van der Waals surface area contributed by atoms with Gasteiger partial charge < -0.3 is 14.8 Å². The second kappa shape index (κ2) is 6.59. The smallest absolute Gasteiger partial charge is 0.169 e. The summed E-state index contributed by atoms with van der Waals surface area (Å²) in [7, 11) is 3.39. The Bertz CT molecular complexity index is 628. The molecule has 0 bridgehead atoms. The first-order chi connectivity index (χ1) is 10.1. The monoisotopic (exact) mass is 289 g/mol. The Morgan fingerprint density at radius 1 is 1.14 bits per heavy atom. The number of para-hydroxylation sites is 1. The van der Waals surface area contributed by atoms with E-state index in [0.717, 1.165) is 11.1 Å². The van der Waals surface area contributed by atoms with Crippen molar-refractivity contribution in [3.05, 3.63) is 53.3 Å². The molecule has 0 amide bonds. The Balaban J connectivity index is 2.44. The quantitative estimate of drug-likeness (QED) is 0.894. The molecule has 2 aromatic carbocycles. The highest BCUT2D eigenvalue weighted by Crippen LogP contribution is 2.36. The summed E-state index contributed by atoms with van der Waals surface area (Å²) in [5.74, 6) is 0.915. The first kappa shape index (κ1) is 15.3. The predicted molar refractivity (Wildman–Crippen MR) is 81.7 cm³/mol. The third-order valence-corrected chi connectivity index (χ3v) is 3.43. The third kappa shape index (κ3) is 3.34. The SMILES string of the molecule is CNC(C)c1cccc(F)c1Oc1ccc(C)cc1OC. The lowest BCUT2D eigenvalue weighted by molar-refractivity contribution is 0.367. The average Bonchev–Trinajstić information content (AvgIpc) is 2.49. The van der Waals surface area contributed by atoms with E-state index in [1.54, 1.807) is 19.2 Å². The van der Waals surface area contributed by atoms with Crippen LogP contribution in [-0.2, 0) is 0 Å². The van der Waals surface area contributed by atoms with Gasteiger partial charge in [-0.2, -0.15) is 0 Å². The van der Waals surface area contributed by atoms with Crippen molar-refractivity contribution in [2.75, 3.05) is 14.2 Å². The molecule has 2 rings (SSSR count). The minimum Gasteiger partial charge on any atom is -0.493 e. The van der Waals surface area contributed by atoms with Crippen molar-refractivity contribution in [2.24, 2.45) is 0 Å². The van der Waals surface area contributed by atoms with E-state index >= 15 is 0 Å². The average molecular weight is 289 g/mol. The van der Waals surface area contributed by atoms with Crippen molar-refractivity contribution in [3.8, 4) is 17.2 Å². The van der Waals surface area contributed by atoms with Crippen molar-refractivity contribution < 1.29 is 13.9 Å². The Morgan fingerprint density at radius 2 is 1.90 bits per heavy atom. The Labute approximate surface area is 124 Å². The lowest BCUT2D eigenvalue weighted by Crippen LogP contribution is -2.13. The Morgan fingerprint density at radius 3 is 2.57 bits per heavy atom. The fraction of sp³-hybridized carbons (Fsp3) is 0.294. The van der Waals surface area contributed by atoms with Crippen molar-refractivity contribution in [1.82, 2.24) is 5.32 Å². The topological polar surface area (TPSA) is 30.5 Å². The van der Waals surface area contributed by atoms with Crippen LogP contribution in [0.2, 0.25) is 0 Å². The summed E-state index contributed by atoms with van der Waals surface area (Å²) in [4.78, 5) is 0. The minimum absolute atomic E-state index is 0.0212. The van der Waals surface area contributed by atoms with E-state index in [0.29, 0.717) is 11.5 Å². The molecule has 0 aliphatic rings. The van der Waals surface area contributed by atoms with Crippen LogP contribution >= 0.6 is 0 Å². The summed E-state index contributed by atoms with van der Waals surface area (Å²) in [6, 6.07) is 10.4. The molecule has 0 saturated heterocycles. The second-order valence-corrected chi connectivity index (χ2v) is 4.92. The number of aryl methyl sites for hydroxylation is 1. The molecule has 0 radical (unpaired) electrons. The molecular formula is C17H20FNO2. The van der Waals surface area contributed by atoms with E-state index in [1.165, 1.54) is 6.07 Å². The summed E-state index contributed by atoms with van der Waals surface area (Å²) in [6.07, 6.45) is 0. The maximum Gasteiger partial charge on any atom is 0.169 e. The number of ether oxygens (including phenoxy) is 2. The molecule has 1 N–H and O–H groups in total. The van der Waals surface area contributed by atoms with Gasteiger partial charge in [-0.25, -0.2) is 4.39 Å². The number of rotatable bonds is 5. The molecule has 1 atom stereocenters. The number of hydrogen-bond donors (Lipinski definition) is 1. The molecule has 3 nitrogen and oxygen atoms in total. The van der Waals surface area contributed by atoms with Crippen molar-refractivity contribution in [1.29, 1.82) is 0 Å². The van der Waals surface area contributed by atoms with Gasteiger partial charge in [0.05, 0.1) is 7.11 Å². The highest BCUT2D eigenvalue weighted by atomic mass is 19.1. The first-order valence-electron chi connectivity index (χ1n) is 6.85. The Kier molecular flexibility index (Phi) is 4.81. The molecule has 0 fully saturated rings. The van der Waals surface area contributed by atoms with Crippen LogP contribution in [-0.4, -0.2) is 14.2 Å². The lowest BCUT2D eigenvalue weighted by atomic mass is 10.1. The van der Waals surface area contributed by atoms with Gasteiger partial charge in [0, 0.05) is 11.6 Å². The number of hydrogen-bond acceptors (Lipinski definition) is 3. The molecule has 0 aliphatic heterocycles. The fourth-order valence-electron chi connectivity index (χ4n) is 2.10. The summed E-state index contributed by atoms with van der Waals surface area (Å²) in [5.41, 5.74) is 1.82. The molecule has 21 heavy (non-hydrogen) atoms. The van der Waals surface area contributed by atoms with Crippen LogP contribution in [0.5, 0.6) is 17.2 Å². The zero-order valence-electron chi connectivity index (χ0n) is 12.7. The molecule has 0 aliphatic carbocycles. The lowest BCUT2D eigenvalue weighted by Gasteiger charge is -2.18. The van der Waals surface area contributed by atoms with Crippen LogP contribution in [0.1, 0.15) is 24.1 Å². The van der Waals surface area contributed by atoms with Gasteiger partial charge in [-0.05, 0) is 44.7 Å². The number of halogens is 1. The summed E-state index contributed by atoms with van der Waals surface area (Å²) >= 11 is 0. The van der Waals surface area contributed by atoms with Gasteiger partial charge in [-0.3, -0.25) is 0 Å². The molecular weight excluding hydrogens is 269 g/mol. The maximum absolute atomic E-state index is 14.2. The molecule has 1 unspecified atom stereocenters. The van der Waals surface area contributed by atoms with Crippen LogP contribution in [0.3, 0.4) is 0 Å². The highest BCUT2D eigenvalue weighted by Gasteiger charge is 2.17. The zero-order valence-corrected chi connectivity index (χ0v) is 12.7. The molecule has 2 aromatic rings. The largest absolute Gasteiger partial charge is 0.493 e. The van der Waals surface area contributed by atoms with Gasteiger partial charge in [-0.1, -0.05) is 18.2 Å². The first-order valence-corrected chi connectivity index (χ1v) is 6.85. The fourth-order valence-corrected chi connectivity index (χ4v) is 2.10. The minimum atomic E-state index is -0.391. The van der Waals surface area contributed by atoms with Crippen molar-refractivity contribution in [2.45, 2.75) is 19.9 Å². The highest BCUT2D eigenvalue weighted by molar-refractivity contribution is 5.47. The van der Waals surface area contributed by atoms with Gasteiger partial charge in [-0.15, -0.1) is 0 Å². The van der Waals surface area contributed by atoms with E-state index in [9.17, 15) is 4.39 Å². The number of methoxy groups -OCH3 is 1. The molecule has 0 spiro atoms. The molecule has 0 aromatic heterocycles. The van der Waals surface area contributed by atoms with Crippen molar-refractivity contribution in [3.63, 3.8) is 0 Å². The summed E-state index contributed by atoms with van der Waals surface area (Å²) in [5, 5.41) is 3.09. The van der Waals surface area contributed by atoms with Gasteiger partial charge in [0.25, 0.3) is 0 Å². The normalized spacial score (nSPS) is 12.0. The van der Waals surface area contributed by atoms with Gasteiger partial charge >= 0.3 is 0 Å². The number of nitrogens with one attached hydrogen (secondary N) is 1. The molecule has 0 heterocycles. The van der Waals surface area contributed by atoms with E-state index < -0.39 is 5.82 Å². The van der Waals surface area contributed by atoms with E-state index in [1.807, 2.05) is 39.1 Å². The maximum atomic E-state index is 14.2. The van der Waals surface area contributed by atoms with Gasteiger partial charge in [0.1, 0.15) is 0 Å². The zero-order chi connectivity index (χ0) is 15.4. The molecule has 0 saturated carbocycles. The standard InChI is InChI=1S/C17H20FNO2/c1-11-8-9-15(16(10-11)20-4)21-17-13(12(2)19-3)6-5-7-14(17)18/h5-10,12,19H,1-4H3. The summed E-state index contributed by atoms with van der Waals surface area (Å²) in [6.45, 7) is 3.91. The van der Waals surface area contributed by atoms with Crippen LogP contribution in [0, 0.1) is 12.7 Å².